The number of halogens is 3. The third-order valence-electron chi connectivity index (χ3n) is 3.08. The highest BCUT2D eigenvalue weighted by atomic mass is 35.5. The molecule has 1 aromatic rings. The van der Waals surface area contributed by atoms with Crippen molar-refractivity contribution >= 4 is 12.4 Å². The van der Waals surface area contributed by atoms with E-state index in [-0.39, 0.29) is 24.6 Å². The summed E-state index contributed by atoms with van der Waals surface area (Å²) in [5.41, 5.74) is 0.231. The molecule has 1 aromatic carbocycles. The number of nitrogens with zero attached hydrogens (tertiary/aromatic N) is 1. The average molecular weight is 279 g/mol. The molecule has 1 atom stereocenters. The summed E-state index contributed by atoms with van der Waals surface area (Å²) in [6.45, 7) is 2.84. The second kappa shape index (κ2) is 6.99. The van der Waals surface area contributed by atoms with Crippen LogP contribution in [0.1, 0.15) is 11.6 Å². The van der Waals surface area contributed by atoms with Gasteiger partial charge in [0.1, 0.15) is 11.6 Å². The van der Waals surface area contributed by atoms with E-state index in [0.29, 0.717) is 0 Å². The fourth-order valence-electron chi connectivity index (χ4n) is 2.17. The first-order chi connectivity index (χ1) is 8.22. The molecule has 1 heterocycles. The maximum atomic E-state index is 13.6. The van der Waals surface area contributed by atoms with Gasteiger partial charge in [-0.15, -0.1) is 12.4 Å². The molecule has 0 radical (unpaired) electrons. The smallest absolute Gasteiger partial charge is 0.128 e. The van der Waals surface area contributed by atoms with Gasteiger partial charge >= 0.3 is 0 Å². The van der Waals surface area contributed by atoms with Gasteiger partial charge in [0.15, 0.2) is 0 Å². The molecule has 1 fully saturated rings. The number of nitrogens with one attached hydrogen (secondary N) is 1. The molecule has 0 amide bonds. The molecule has 6 heteroatoms. The number of aliphatic hydroxyl groups is 1. The molecule has 0 saturated carbocycles. The minimum atomic E-state index is -0.477. The number of aliphatic hydroxyl groups excluding tert-OH is 1. The van der Waals surface area contributed by atoms with Gasteiger partial charge in [-0.25, -0.2) is 8.78 Å². The highest BCUT2D eigenvalue weighted by Crippen LogP contribution is 2.24. The van der Waals surface area contributed by atoms with E-state index in [0.717, 1.165) is 44.4 Å². The van der Waals surface area contributed by atoms with Crippen molar-refractivity contribution in [1.29, 1.82) is 0 Å². The molecular formula is C12H17ClF2N2O. The fraction of sp³-hybridized carbons (Fsp3) is 0.500. The standard InChI is InChI=1S/C12H16F2N2O.ClH/c13-9-1-2-11(14)10(7-9)12(8-17)16-5-3-15-4-6-16;/h1-2,7,12,15,17H,3-6,8H2;1H/t12-;/m0./s1. The summed E-state index contributed by atoms with van der Waals surface area (Å²) in [6, 6.07) is 2.89. The number of hydrogen-bond donors (Lipinski definition) is 2. The van der Waals surface area contributed by atoms with Crippen LogP contribution in [0.3, 0.4) is 0 Å². The lowest BCUT2D eigenvalue weighted by Crippen LogP contribution is -2.46. The van der Waals surface area contributed by atoms with Crippen molar-refractivity contribution in [2.45, 2.75) is 6.04 Å². The van der Waals surface area contributed by atoms with Crippen LogP contribution in [0.15, 0.2) is 18.2 Å². The van der Waals surface area contributed by atoms with Crippen LogP contribution in [0.2, 0.25) is 0 Å². The maximum Gasteiger partial charge on any atom is 0.128 e. The lowest BCUT2D eigenvalue weighted by Gasteiger charge is -2.34. The van der Waals surface area contributed by atoms with Crippen LogP contribution >= 0.6 is 12.4 Å². The van der Waals surface area contributed by atoms with Crippen molar-refractivity contribution in [3.8, 4) is 0 Å². The lowest BCUT2D eigenvalue weighted by molar-refractivity contribution is 0.108. The normalized spacial score (nSPS) is 18.2. The molecule has 1 aliphatic heterocycles. The van der Waals surface area contributed by atoms with Gasteiger partial charge in [0, 0.05) is 31.7 Å². The summed E-state index contributed by atoms with van der Waals surface area (Å²) < 4.78 is 26.8. The van der Waals surface area contributed by atoms with E-state index in [4.69, 9.17) is 0 Å². The first-order valence-electron chi connectivity index (χ1n) is 5.73. The van der Waals surface area contributed by atoms with Crippen LogP contribution in [0, 0.1) is 11.6 Å². The molecule has 2 N–H and O–H groups in total. The van der Waals surface area contributed by atoms with E-state index in [1.54, 1.807) is 0 Å². The first-order valence-corrected chi connectivity index (χ1v) is 5.73. The van der Waals surface area contributed by atoms with Crippen molar-refractivity contribution in [2.24, 2.45) is 0 Å². The summed E-state index contributed by atoms with van der Waals surface area (Å²) in [5, 5.41) is 12.6. The van der Waals surface area contributed by atoms with Gasteiger partial charge < -0.3 is 10.4 Å². The third kappa shape index (κ3) is 3.38. The quantitative estimate of drug-likeness (QED) is 0.876. The molecular weight excluding hydrogens is 262 g/mol. The average Bonchev–Trinajstić information content (AvgIpc) is 2.36. The summed E-state index contributed by atoms with van der Waals surface area (Å²) in [4.78, 5) is 1.97. The topological polar surface area (TPSA) is 35.5 Å². The van der Waals surface area contributed by atoms with Crippen molar-refractivity contribution < 1.29 is 13.9 Å². The molecule has 0 aliphatic carbocycles. The molecule has 1 saturated heterocycles. The monoisotopic (exact) mass is 278 g/mol. The van der Waals surface area contributed by atoms with Crippen LogP contribution in [0.4, 0.5) is 8.78 Å². The summed E-state index contributed by atoms with van der Waals surface area (Å²) >= 11 is 0. The number of rotatable bonds is 3. The van der Waals surface area contributed by atoms with Gasteiger partial charge in [-0.3, -0.25) is 4.90 Å². The molecule has 0 unspecified atom stereocenters. The van der Waals surface area contributed by atoms with E-state index in [1.165, 1.54) is 0 Å². The Labute approximate surface area is 111 Å². The van der Waals surface area contributed by atoms with Gasteiger partial charge in [-0.2, -0.15) is 0 Å². The minimum Gasteiger partial charge on any atom is -0.394 e. The van der Waals surface area contributed by atoms with Crippen molar-refractivity contribution in [2.75, 3.05) is 32.8 Å². The van der Waals surface area contributed by atoms with Crippen molar-refractivity contribution in [3.05, 3.63) is 35.4 Å². The Bertz CT molecular complexity index is 386. The van der Waals surface area contributed by atoms with Gasteiger partial charge in [0.2, 0.25) is 0 Å². The highest BCUT2D eigenvalue weighted by molar-refractivity contribution is 5.85. The SMILES string of the molecule is Cl.OC[C@@H](c1cc(F)ccc1F)N1CCNCC1. The summed E-state index contributed by atoms with van der Waals surface area (Å²) in [7, 11) is 0. The first kappa shape index (κ1) is 15.3. The third-order valence-corrected chi connectivity index (χ3v) is 3.08. The second-order valence-corrected chi connectivity index (χ2v) is 4.15. The fourth-order valence-corrected chi connectivity index (χ4v) is 2.17. The van der Waals surface area contributed by atoms with E-state index in [9.17, 15) is 13.9 Å². The maximum absolute atomic E-state index is 13.6. The van der Waals surface area contributed by atoms with Crippen LogP contribution in [0.5, 0.6) is 0 Å². The number of hydrogen-bond acceptors (Lipinski definition) is 3. The van der Waals surface area contributed by atoms with Gasteiger partial charge in [0.25, 0.3) is 0 Å². The second-order valence-electron chi connectivity index (χ2n) is 4.15. The van der Waals surface area contributed by atoms with E-state index >= 15 is 0 Å². The number of benzene rings is 1. The Morgan fingerprint density at radius 1 is 1.28 bits per heavy atom. The van der Waals surface area contributed by atoms with Crippen molar-refractivity contribution in [1.82, 2.24) is 10.2 Å². The molecule has 0 spiro atoms. The van der Waals surface area contributed by atoms with Gasteiger partial charge in [0.05, 0.1) is 12.6 Å². The molecule has 102 valence electrons. The zero-order valence-corrected chi connectivity index (χ0v) is 10.7. The minimum absolute atomic E-state index is 0. The van der Waals surface area contributed by atoms with Crippen LogP contribution in [0.25, 0.3) is 0 Å². The Morgan fingerprint density at radius 3 is 2.56 bits per heavy atom. The summed E-state index contributed by atoms with van der Waals surface area (Å²) in [5.74, 6) is -0.945. The van der Waals surface area contributed by atoms with Crippen molar-refractivity contribution in [3.63, 3.8) is 0 Å². The number of piperazine rings is 1. The Balaban J connectivity index is 0.00000162. The largest absolute Gasteiger partial charge is 0.394 e. The molecule has 2 rings (SSSR count). The lowest BCUT2D eigenvalue weighted by atomic mass is 10.0. The molecule has 1 aliphatic rings. The zero-order chi connectivity index (χ0) is 12.3. The van der Waals surface area contributed by atoms with Gasteiger partial charge in [-0.05, 0) is 18.2 Å². The van der Waals surface area contributed by atoms with Crippen LogP contribution in [-0.2, 0) is 0 Å². The highest BCUT2D eigenvalue weighted by Gasteiger charge is 2.24. The predicted octanol–water partition coefficient (Wildman–Crippen LogP) is 1.33. The summed E-state index contributed by atoms with van der Waals surface area (Å²) in [6.07, 6.45) is 0. The van der Waals surface area contributed by atoms with E-state index < -0.39 is 17.7 Å². The Morgan fingerprint density at radius 2 is 1.94 bits per heavy atom. The van der Waals surface area contributed by atoms with Gasteiger partial charge in [-0.1, -0.05) is 0 Å². The van der Waals surface area contributed by atoms with E-state index in [1.807, 2.05) is 4.90 Å². The Hall–Kier alpha value is -0.750. The zero-order valence-electron chi connectivity index (χ0n) is 9.90. The van der Waals surface area contributed by atoms with Crippen LogP contribution < -0.4 is 5.32 Å². The molecule has 18 heavy (non-hydrogen) atoms. The Kier molecular flexibility index (Phi) is 5.95. The molecule has 0 aromatic heterocycles. The predicted molar refractivity (Wildman–Crippen MR) is 67.9 cm³/mol. The molecule has 3 nitrogen and oxygen atoms in total. The van der Waals surface area contributed by atoms with E-state index in [2.05, 4.69) is 5.32 Å². The molecule has 0 bridgehead atoms. The van der Waals surface area contributed by atoms with Crippen LogP contribution in [-0.4, -0.2) is 42.8 Å².